The average Bonchev–Trinajstić information content (AvgIpc) is 2.89. The SMILES string of the molecule is C/C=C/Cc1ccc(Oc2ccc(C/C=C/C)c(-c3ncccn3)c2F)c(F)c1-c1ncccn1. The lowest BCUT2D eigenvalue weighted by molar-refractivity contribution is 0.415. The molecule has 176 valence electrons. The zero-order valence-electron chi connectivity index (χ0n) is 19.5. The van der Waals surface area contributed by atoms with Gasteiger partial charge >= 0.3 is 0 Å². The Kier molecular flexibility index (Phi) is 7.67. The summed E-state index contributed by atoms with van der Waals surface area (Å²) in [5, 5.41) is 0. The van der Waals surface area contributed by atoms with Crippen LogP contribution in [0.2, 0.25) is 0 Å². The molecule has 0 aliphatic rings. The van der Waals surface area contributed by atoms with E-state index in [0.29, 0.717) is 24.0 Å². The van der Waals surface area contributed by atoms with Gasteiger partial charge in [-0.25, -0.2) is 28.7 Å². The van der Waals surface area contributed by atoms with Crippen molar-refractivity contribution in [1.29, 1.82) is 0 Å². The summed E-state index contributed by atoms with van der Waals surface area (Å²) in [6.45, 7) is 3.78. The molecule has 0 unspecified atom stereocenters. The summed E-state index contributed by atoms with van der Waals surface area (Å²) in [6.07, 6.45) is 14.8. The number of aromatic nitrogens is 4. The van der Waals surface area contributed by atoms with Crippen LogP contribution in [0.25, 0.3) is 22.8 Å². The standard InChI is InChI=1S/C28H24F2N4O/c1-3-5-9-19-11-13-21(25(29)23(19)27-31-15-7-16-32-27)35-22-14-12-20(10-6-4-2)24(26(22)30)28-33-17-8-18-34-28/h3-8,11-18H,9-10H2,1-2H3/b5-3+,6-4+. The first-order chi connectivity index (χ1) is 17.1. The van der Waals surface area contributed by atoms with Crippen molar-refractivity contribution in [1.82, 2.24) is 19.9 Å². The summed E-state index contributed by atoms with van der Waals surface area (Å²) in [6, 6.07) is 9.78. The van der Waals surface area contributed by atoms with E-state index in [1.165, 1.54) is 12.1 Å². The summed E-state index contributed by atoms with van der Waals surface area (Å²) >= 11 is 0. The number of nitrogens with zero attached hydrogens (tertiary/aromatic N) is 4. The zero-order chi connectivity index (χ0) is 24.6. The summed E-state index contributed by atoms with van der Waals surface area (Å²) in [4.78, 5) is 16.8. The molecule has 0 aliphatic heterocycles. The number of hydrogen-bond acceptors (Lipinski definition) is 5. The fraction of sp³-hybridized carbons (Fsp3) is 0.143. The molecule has 2 aromatic heterocycles. The van der Waals surface area contributed by atoms with Gasteiger partial charge in [-0.2, -0.15) is 0 Å². The number of rotatable bonds is 8. The third-order valence-electron chi connectivity index (χ3n) is 5.33. The highest BCUT2D eigenvalue weighted by atomic mass is 19.1. The van der Waals surface area contributed by atoms with Gasteiger partial charge in [0.25, 0.3) is 0 Å². The Bertz CT molecular complexity index is 1250. The van der Waals surface area contributed by atoms with Crippen molar-refractivity contribution in [2.24, 2.45) is 0 Å². The van der Waals surface area contributed by atoms with Gasteiger partial charge in [0, 0.05) is 24.8 Å². The van der Waals surface area contributed by atoms with Crippen LogP contribution in [0.5, 0.6) is 11.5 Å². The monoisotopic (exact) mass is 470 g/mol. The third-order valence-corrected chi connectivity index (χ3v) is 5.33. The van der Waals surface area contributed by atoms with Crippen LogP contribution in [0, 0.1) is 11.6 Å². The minimum atomic E-state index is -0.659. The number of benzene rings is 2. The van der Waals surface area contributed by atoms with E-state index in [-0.39, 0.29) is 34.3 Å². The summed E-state index contributed by atoms with van der Waals surface area (Å²) in [7, 11) is 0. The van der Waals surface area contributed by atoms with Crippen LogP contribution < -0.4 is 4.74 Å². The average molecular weight is 471 g/mol. The van der Waals surface area contributed by atoms with Crippen molar-refractivity contribution in [3.63, 3.8) is 0 Å². The Morgan fingerprint density at radius 1 is 0.657 bits per heavy atom. The van der Waals surface area contributed by atoms with E-state index in [9.17, 15) is 0 Å². The first-order valence-corrected chi connectivity index (χ1v) is 11.2. The summed E-state index contributed by atoms with van der Waals surface area (Å²) < 4.78 is 37.3. The smallest absolute Gasteiger partial charge is 0.177 e. The van der Waals surface area contributed by atoms with Crippen LogP contribution in [-0.4, -0.2) is 19.9 Å². The molecule has 2 aromatic carbocycles. The summed E-state index contributed by atoms with van der Waals surface area (Å²) in [5.74, 6) is -1.11. The maximum absolute atomic E-state index is 15.7. The second-order valence-corrected chi connectivity index (χ2v) is 7.62. The molecule has 0 aliphatic carbocycles. The van der Waals surface area contributed by atoms with Crippen LogP contribution in [0.4, 0.5) is 8.78 Å². The molecule has 0 amide bonds. The number of hydrogen-bond donors (Lipinski definition) is 0. The molecule has 0 radical (unpaired) electrons. The topological polar surface area (TPSA) is 60.8 Å². The van der Waals surface area contributed by atoms with Crippen molar-refractivity contribution in [2.75, 3.05) is 0 Å². The zero-order valence-corrected chi connectivity index (χ0v) is 19.5. The molecule has 4 rings (SSSR count). The number of halogens is 2. The first kappa shape index (κ1) is 23.9. The Morgan fingerprint density at radius 2 is 1.06 bits per heavy atom. The molecule has 0 saturated heterocycles. The van der Waals surface area contributed by atoms with E-state index >= 15 is 8.78 Å². The molecule has 5 nitrogen and oxygen atoms in total. The molecule has 0 saturated carbocycles. The largest absolute Gasteiger partial charge is 0.451 e. The molecule has 0 spiro atoms. The molecule has 4 aromatic rings. The lowest BCUT2D eigenvalue weighted by Crippen LogP contribution is -2.02. The lowest BCUT2D eigenvalue weighted by atomic mass is 10.0. The highest BCUT2D eigenvalue weighted by molar-refractivity contribution is 5.66. The van der Waals surface area contributed by atoms with Crippen LogP contribution in [0.15, 0.2) is 85.5 Å². The van der Waals surface area contributed by atoms with Crippen molar-refractivity contribution in [2.45, 2.75) is 26.7 Å². The Hall–Kier alpha value is -4.26. The molecule has 35 heavy (non-hydrogen) atoms. The molecule has 2 heterocycles. The predicted molar refractivity (Wildman–Crippen MR) is 132 cm³/mol. The fourth-order valence-corrected chi connectivity index (χ4v) is 3.64. The molecule has 0 bridgehead atoms. The number of allylic oxidation sites excluding steroid dienone is 4. The van der Waals surface area contributed by atoms with Gasteiger partial charge in [-0.3, -0.25) is 0 Å². The van der Waals surface area contributed by atoms with E-state index < -0.39 is 11.6 Å². The normalized spacial score (nSPS) is 11.4. The number of ether oxygens (including phenoxy) is 1. The maximum atomic E-state index is 15.7. The maximum Gasteiger partial charge on any atom is 0.177 e. The lowest BCUT2D eigenvalue weighted by Gasteiger charge is -2.15. The van der Waals surface area contributed by atoms with Gasteiger partial charge in [0.2, 0.25) is 0 Å². The van der Waals surface area contributed by atoms with Gasteiger partial charge in [-0.05, 0) is 62.1 Å². The summed E-state index contributed by atoms with van der Waals surface area (Å²) in [5.41, 5.74) is 1.83. The van der Waals surface area contributed by atoms with E-state index in [1.54, 1.807) is 49.1 Å². The molecule has 7 heteroatoms. The predicted octanol–water partition coefficient (Wildman–Crippen LogP) is 6.91. The molecule has 0 N–H and O–H groups in total. The van der Waals surface area contributed by atoms with Gasteiger partial charge in [0.05, 0.1) is 11.1 Å². The van der Waals surface area contributed by atoms with Crippen molar-refractivity contribution < 1.29 is 13.5 Å². The second-order valence-electron chi connectivity index (χ2n) is 7.62. The minimum Gasteiger partial charge on any atom is -0.451 e. The van der Waals surface area contributed by atoms with E-state index in [0.717, 1.165) is 0 Å². The van der Waals surface area contributed by atoms with Crippen molar-refractivity contribution in [3.8, 4) is 34.3 Å². The Labute approximate surface area is 202 Å². The molecular weight excluding hydrogens is 446 g/mol. The third kappa shape index (κ3) is 5.30. The molecular formula is C28H24F2N4O. The van der Waals surface area contributed by atoms with Crippen LogP contribution in [0.3, 0.4) is 0 Å². The highest BCUT2D eigenvalue weighted by Crippen LogP contribution is 2.37. The molecule has 0 fully saturated rings. The quantitative estimate of drug-likeness (QED) is 0.262. The van der Waals surface area contributed by atoms with E-state index in [2.05, 4.69) is 19.9 Å². The van der Waals surface area contributed by atoms with Gasteiger partial charge in [-0.15, -0.1) is 0 Å². The van der Waals surface area contributed by atoms with Crippen molar-refractivity contribution >= 4 is 0 Å². The molecule has 0 atom stereocenters. The fourth-order valence-electron chi connectivity index (χ4n) is 3.64. The highest BCUT2D eigenvalue weighted by Gasteiger charge is 2.22. The van der Waals surface area contributed by atoms with Crippen LogP contribution in [0.1, 0.15) is 25.0 Å². The second kappa shape index (κ2) is 11.2. The Balaban J connectivity index is 1.80. The van der Waals surface area contributed by atoms with E-state index in [1.807, 2.05) is 38.2 Å². The van der Waals surface area contributed by atoms with Gasteiger partial charge in [-0.1, -0.05) is 36.4 Å². The van der Waals surface area contributed by atoms with E-state index in [4.69, 9.17) is 4.74 Å². The van der Waals surface area contributed by atoms with Crippen LogP contribution in [-0.2, 0) is 12.8 Å². The van der Waals surface area contributed by atoms with Gasteiger partial charge in [0.1, 0.15) is 0 Å². The van der Waals surface area contributed by atoms with Gasteiger partial charge in [0.15, 0.2) is 34.8 Å². The minimum absolute atomic E-state index is 0.128. The van der Waals surface area contributed by atoms with Crippen molar-refractivity contribution in [3.05, 3.63) is 108 Å². The van der Waals surface area contributed by atoms with Gasteiger partial charge < -0.3 is 4.74 Å². The van der Waals surface area contributed by atoms with Crippen LogP contribution >= 0.6 is 0 Å². The first-order valence-electron chi connectivity index (χ1n) is 11.2. The Morgan fingerprint density at radius 3 is 1.43 bits per heavy atom.